The van der Waals surface area contributed by atoms with Crippen molar-refractivity contribution in [2.45, 2.75) is 18.9 Å². The van der Waals surface area contributed by atoms with Gasteiger partial charge in [0, 0.05) is 32.5 Å². The van der Waals surface area contributed by atoms with E-state index in [0.717, 1.165) is 31.7 Å². The van der Waals surface area contributed by atoms with Gasteiger partial charge in [0.1, 0.15) is 5.69 Å². The number of ether oxygens (including phenoxy) is 1. The van der Waals surface area contributed by atoms with Gasteiger partial charge in [-0.15, -0.1) is 0 Å². The first kappa shape index (κ1) is 12.6. The molecule has 0 radical (unpaired) electrons. The number of rotatable bonds is 3. The minimum absolute atomic E-state index is 0.0320. The second-order valence-electron chi connectivity index (χ2n) is 4.31. The van der Waals surface area contributed by atoms with Gasteiger partial charge in [-0.2, -0.15) is 0 Å². The first-order valence-corrected chi connectivity index (χ1v) is 5.97. The van der Waals surface area contributed by atoms with Crippen LogP contribution in [-0.4, -0.2) is 42.3 Å². The molecule has 0 atom stereocenters. The molecule has 1 aliphatic rings. The number of nitrogens with two attached hydrogens (primary N) is 1. The molecular formula is C12H18N4O2. The van der Waals surface area contributed by atoms with E-state index in [9.17, 15) is 0 Å². The largest absolute Gasteiger partial charge is 0.409 e. The Morgan fingerprint density at radius 1 is 1.56 bits per heavy atom. The number of aromatic nitrogens is 1. The van der Waals surface area contributed by atoms with Gasteiger partial charge in [-0.25, -0.2) is 0 Å². The summed E-state index contributed by atoms with van der Waals surface area (Å²) >= 11 is 0. The number of hydrogen-bond acceptors (Lipinski definition) is 5. The summed E-state index contributed by atoms with van der Waals surface area (Å²) in [7, 11) is 2.00. The third-order valence-corrected chi connectivity index (χ3v) is 3.26. The van der Waals surface area contributed by atoms with Crippen molar-refractivity contribution in [1.82, 2.24) is 4.98 Å². The lowest BCUT2D eigenvalue weighted by Crippen LogP contribution is -2.38. The maximum atomic E-state index is 8.79. The fraction of sp³-hybridized carbons (Fsp3) is 0.500. The van der Waals surface area contributed by atoms with Crippen molar-refractivity contribution >= 4 is 11.5 Å². The van der Waals surface area contributed by atoms with Crippen molar-refractivity contribution in [3.8, 4) is 0 Å². The summed E-state index contributed by atoms with van der Waals surface area (Å²) in [5.74, 6) is 0.0320. The molecule has 6 nitrogen and oxygen atoms in total. The van der Waals surface area contributed by atoms with Crippen molar-refractivity contribution in [2.24, 2.45) is 10.9 Å². The molecule has 0 aliphatic carbocycles. The van der Waals surface area contributed by atoms with Gasteiger partial charge in [0.25, 0.3) is 0 Å². The second kappa shape index (κ2) is 5.68. The Labute approximate surface area is 106 Å². The summed E-state index contributed by atoms with van der Waals surface area (Å²) in [4.78, 5) is 6.30. The molecule has 2 heterocycles. The molecule has 1 aromatic heterocycles. The van der Waals surface area contributed by atoms with Gasteiger partial charge >= 0.3 is 0 Å². The Kier molecular flexibility index (Phi) is 3.99. The maximum absolute atomic E-state index is 8.79. The monoisotopic (exact) mass is 250 g/mol. The van der Waals surface area contributed by atoms with Crippen LogP contribution in [0.2, 0.25) is 0 Å². The van der Waals surface area contributed by atoms with Crippen LogP contribution in [0.25, 0.3) is 0 Å². The van der Waals surface area contributed by atoms with Crippen LogP contribution in [-0.2, 0) is 4.74 Å². The third kappa shape index (κ3) is 2.53. The van der Waals surface area contributed by atoms with E-state index in [1.54, 1.807) is 6.20 Å². The van der Waals surface area contributed by atoms with Gasteiger partial charge in [0.2, 0.25) is 0 Å². The minimum atomic E-state index is 0.0320. The fourth-order valence-electron chi connectivity index (χ4n) is 2.20. The highest BCUT2D eigenvalue weighted by atomic mass is 16.5. The zero-order valence-electron chi connectivity index (χ0n) is 10.4. The van der Waals surface area contributed by atoms with Crippen LogP contribution in [0.15, 0.2) is 23.5 Å². The SMILES string of the molecule is CN(c1cccnc1/C(N)=N/O)C1CCOCC1. The van der Waals surface area contributed by atoms with E-state index in [1.807, 2.05) is 19.2 Å². The molecule has 6 heteroatoms. The van der Waals surface area contributed by atoms with Gasteiger partial charge in [0.15, 0.2) is 5.84 Å². The molecule has 0 bridgehead atoms. The lowest BCUT2D eigenvalue weighted by atomic mass is 10.1. The maximum Gasteiger partial charge on any atom is 0.190 e. The average molecular weight is 250 g/mol. The molecule has 18 heavy (non-hydrogen) atoms. The van der Waals surface area contributed by atoms with Gasteiger partial charge in [-0.3, -0.25) is 4.98 Å². The minimum Gasteiger partial charge on any atom is -0.409 e. The number of anilines is 1. The normalized spacial score (nSPS) is 17.7. The van der Waals surface area contributed by atoms with Crippen LogP contribution in [0, 0.1) is 0 Å². The summed E-state index contributed by atoms with van der Waals surface area (Å²) in [5, 5.41) is 11.8. The lowest BCUT2D eigenvalue weighted by molar-refractivity contribution is 0.0855. The second-order valence-corrected chi connectivity index (χ2v) is 4.31. The van der Waals surface area contributed by atoms with E-state index < -0.39 is 0 Å². The van der Waals surface area contributed by atoms with E-state index in [1.165, 1.54) is 0 Å². The van der Waals surface area contributed by atoms with E-state index in [-0.39, 0.29) is 5.84 Å². The van der Waals surface area contributed by atoms with Gasteiger partial charge in [0.05, 0.1) is 5.69 Å². The average Bonchev–Trinajstić information content (AvgIpc) is 2.46. The molecule has 1 fully saturated rings. The van der Waals surface area contributed by atoms with Crippen LogP contribution in [0.1, 0.15) is 18.5 Å². The fourth-order valence-corrected chi connectivity index (χ4v) is 2.20. The molecule has 1 aromatic rings. The standard InChI is InChI=1S/C12H18N4O2/c1-16(9-4-7-18-8-5-9)10-3-2-6-14-11(10)12(13)15-17/h2-3,6,9,17H,4-5,7-8H2,1H3,(H2,13,15). The van der Waals surface area contributed by atoms with Crippen molar-refractivity contribution in [2.75, 3.05) is 25.2 Å². The smallest absolute Gasteiger partial charge is 0.190 e. The summed E-state index contributed by atoms with van der Waals surface area (Å²) in [6, 6.07) is 4.17. The summed E-state index contributed by atoms with van der Waals surface area (Å²) < 4.78 is 5.35. The summed E-state index contributed by atoms with van der Waals surface area (Å²) in [6.07, 6.45) is 3.58. The van der Waals surface area contributed by atoms with Gasteiger partial charge in [-0.1, -0.05) is 5.16 Å². The van der Waals surface area contributed by atoms with E-state index in [2.05, 4.69) is 15.0 Å². The van der Waals surface area contributed by atoms with E-state index in [0.29, 0.717) is 11.7 Å². The molecule has 2 rings (SSSR count). The Morgan fingerprint density at radius 2 is 2.28 bits per heavy atom. The van der Waals surface area contributed by atoms with Crippen LogP contribution >= 0.6 is 0 Å². The molecule has 0 amide bonds. The predicted octanol–water partition coefficient (Wildman–Crippen LogP) is 0.791. The number of amidine groups is 1. The highest BCUT2D eigenvalue weighted by Crippen LogP contribution is 2.23. The van der Waals surface area contributed by atoms with E-state index >= 15 is 0 Å². The van der Waals surface area contributed by atoms with Crippen molar-refractivity contribution in [1.29, 1.82) is 0 Å². The first-order chi connectivity index (χ1) is 8.74. The number of pyridine rings is 1. The van der Waals surface area contributed by atoms with Crippen LogP contribution in [0.3, 0.4) is 0 Å². The van der Waals surface area contributed by atoms with Crippen molar-refractivity contribution in [3.05, 3.63) is 24.0 Å². The van der Waals surface area contributed by atoms with Crippen molar-refractivity contribution in [3.63, 3.8) is 0 Å². The van der Waals surface area contributed by atoms with Gasteiger partial charge in [-0.05, 0) is 25.0 Å². The zero-order valence-corrected chi connectivity index (χ0v) is 10.4. The number of oxime groups is 1. The topological polar surface area (TPSA) is 84.0 Å². The predicted molar refractivity (Wildman–Crippen MR) is 69.0 cm³/mol. The Hall–Kier alpha value is -1.82. The molecule has 0 spiro atoms. The van der Waals surface area contributed by atoms with Crippen LogP contribution in [0.4, 0.5) is 5.69 Å². The quantitative estimate of drug-likeness (QED) is 0.358. The Bertz CT molecular complexity index is 430. The third-order valence-electron chi connectivity index (χ3n) is 3.26. The Morgan fingerprint density at radius 3 is 2.94 bits per heavy atom. The Balaban J connectivity index is 2.26. The molecule has 0 aromatic carbocycles. The first-order valence-electron chi connectivity index (χ1n) is 5.97. The number of hydrogen-bond donors (Lipinski definition) is 2. The highest BCUT2D eigenvalue weighted by Gasteiger charge is 2.21. The molecule has 1 saturated heterocycles. The molecule has 98 valence electrons. The molecular weight excluding hydrogens is 232 g/mol. The van der Waals surface area contributed by atoms with Gasteiger partial charge < -0.3 is 20.6 Å². The molecule has 1 aliphatic heterocycles. The lowest BCUT2D eigenvalue weighted by Gasteiger charge is -2.33. The van der Waals surface area contributed by atoms with Crippen LogP contribution in [0.5, 0.6) is 0 Å². The molecule has 0 saturated carbocycles. The van der Waals surface area contributed by atoms with E-state index in [4.69, 9.17) is 15.7 Å². The molecule has 3 N–H and O–H groups in total. The zero-order chi connectivity index (χ0) is 13.0. The highest BCUT2D eigenvalue weighted by molar-refractivity contribution is 6.00. The van der Waals surface area contributed by atoms with Crippen LogP contribution < -0.4 is 10.6 Å². The number of nitrogens with zero attached hydrogens (tertiary/aromatic N) is 3. The summed E-state index contributed by atoms with van der Waals surface area (Å²) in [5.41, 5.74) is 7.03. The van der Waals surface area contributed by atoms with Crippen molar-refractivity contribution < 1.29 is 9.94 Å². The molecule has 0 unspecified atom stereocenters. The summed E-state index contributed by atoms with van der Waals surface area (Å²) in [6.45, 7) is 1.54.